The van der Waals surface area contributed by atoms with E-state index in [-0.39, 0.29) is 0 Å². The van der Waals surface area contributed by atoms with E-state index in [4.69, 9.17) is 49.6 Å². The highest BCUT2D eigenvalue weighted by molar-refractivity contribution is 7.71. The largest absolute Gasteiger partial charge is 0.493 e. The minimum atomic E-state index is 0.310. The average molecular weight is 439 g/mol. The fourth-order valence-electron chi connectivity index (χ4n) is 2.54. The molecule has 0 aliphatic rings. The van der Waals surface area contributed by atoms with Crippen molar-refractivity contribution in [3.8, 4) is 28.6 Å². The molecule has 3 aromatic rings. The second-order valence-electron chi connectivity index (χ2n) is 5.49. The summed E-state index contributed by atoms with van der Waals surface area (Å²) in [6.07, 6.45) is 1.60. The van der Waals surface area contributed by atoms with Crippen LogP contribution >= 0.6 is 35.4 Å². The molecule has 0 aliphatic carbocycles. The molecule has 0 atom stereocenters. The van der Waals surface area contributed by atoms with Gasteiger partial charge in [0, 0.05) is 16.1 Å². The summed E-state index contributed by atoms with van der Waals surface area (Å²) in [7, 11) is 4.64. The van der Waals surface area contributed by atoms with Crippen LogP contribution in [0.25, 0.3) is 11.4 Å². The van der Waals surface area contributed by atoms with Crippen LogP contribution in [0, 0.1) is 4.77 Å². The Labute approximate surface area is 176 Å². The van der Waals surface area contributed by atoms with Gasteiger partial charge in [-0.1, -0.05) is 23.2 Å². The summed E-state index contributed by atoms with van der Waals surface area (Å²) in [5, 5.41) is 12.3. The van der Waals surface area contributed by atoms with Gasteiger partial charge < -0.3 is 14.2 Å². The van der Waals surface area contributed by atoms with Crippen LogP contribution in [-0.4, -0.2) is 42.4 Å². The van der Waals surface area contributed by atoms with Crippen molar-refractivity contribution in [2.75, 3.05) is 21.3 Å². The van der Waals surface area contributed by atoms with Gasteiger partial charge in [0.1, 0.15) is 0 Å². The van der Waals surface area contributed by atoms with E-state index < -0.39 is 0 Å². The van der Waals surface area contributed by atoms with Crippen LogP contribution in [0.4, 0.5) is 0 Å². The highest BCUT2D eigenvalue weighted by Crippen LogP contribution is 2.37. The molecular weight excluding hydrogens is 423 g/mol. The quantitative estimate of drug-likeness (QED) is 0.440. The SMILES string of the molecule is COc1cc(/C=N/n2c(-c3ccc(Cl)cc3Cl)n[nH]c2=S)cc(OC)c1OC. The van der Waals surface area contributed by atoms with Gasteiger partial charge in [0.2, 0.25) is 10.5 Å². The van der Waals surface area contributed by atoms with Crippen molar-refractivity contribution in [3.63, 3.8) is 0 Å². The molecule has 1 N–H and O–H groups in total. The van der Waals surface area contributed by atoms with Gasteiger partial charge in [-0.2, -0.15) is 14.9 Å². The van der Waals surface area contributed by atoms with E-state index in [1.165, 1.54) is 4.68 Å². The van der Waals surface area contributed by atoms with E-state index in [0.29, 0.717) is 49.0 Å². The lowest BCUT2D eigenvalue weighted by Gasteiger charge is -2.12. The molecule has 0 saturated carbocycles. The van der Waals surface area contributed by atoms with Gasteiger partial charge in [-0.3, -0.25) is 0 Å². The molecule has 146 valence electrons. The standard InChI is InChI=1S/C18H16Cl2N4O3S/c1-25-14-6-10(7-15(26-2)16(14)27-3)9-21-24-17(22-23-18(24)28)12-5-4-11(19)8-13(12)20/h4-9H,1-3H3,(H,23,28)/b21-9+. The number of benzene rings is 2. The molecule has 28 heavy (non-hydrogen) atoms. The van der Waals surface area contributed by atoms with Crippen LogP contribution in [0.1, 0.15) is 5.56 Å². The van der Waals surface area contributed by atoms with Crippen molar-refractivity contribution in [2.45, 2.75) is 0 Å². The lowest BCUT2D eigenvalue weighted by atomic mass is 10.2. The summed E-state index contributed by atoms with van der Waals surface area (Å²) in [6.45, 7) is 0. The molecule has 2 aromatic carbocycles. The monoisotopic (exact) mass is 438 g/mol. The Hall–Kier alpha value is -2.55. The molecule has 1 aromatic heterocycles. The molecule has 10 heteroatoms. The number of rotatable bonds is 6. The number of ether oxygens (including phenoxy) is 3. The van der Waals surface area contributed by atoms with Gasteiger partial charge in [-0.25, -0.2) is 5.10 Å². The number of halogens is 2. The van der Waals surface area contributed by atoms with Gasteiger partial charge in [0.25, 0.3) is 0 Å². The Balaban J connectivity index is 2.05. The van der Waals surface area contributed by atoms with E-state index >= 15 is 0 Å². The Bertz CT molecular complexity index is 1070. The Morgan fingerprint density at radius 2 is 1.75 bits per heavy atom. The number of hydrogen-bond donors (Lipinski definition) is 1. The predicted molar refractivity (Wildman–Crippen MR) is 112 cm³/mol. The van der Waals surface area contributed by atoms with Crippen molar-refractivity contribution in [1.82, 2.24) is 14.9 Å². The first kappa shape index (κ1) is 20.2. The van der Waals surface area contributed by atoms with E-state index in [2.05, 4.69) is 15.3 Å². The van der Waals surface area contributed by atoms with E-state index in [9.17, 15) is 0 Å². The van der Waals surface area contributed by atoms with Crippen LogP contribution in [0.5, 0.6) is 17.2 Å². The highest BCUT2D eigenvalue weighted by atomic mass is 35.5. The average Bonchev–Trinajstić information content (AvgIpc) is 3.05. The second kappa shape index (κ2) is 8.64. The maximum absolute atomic E-state index is 6.29. The Morgan fingerprint density at radius 3 is 2.32 bits per heavy atom. The Morgan fingerprint density at radius 1 is 1.07 bits per heavy atom. The van der Waals surface area contributed by atoms with Crippen LogP contribution in [0.3, 0.4) is 0 Å². The molecule has 0 fully saturated rings. The Kier molecular flexibility index (Phi) is 6.23. The smallest absolute Gasteiger partial charge is 0.216 e. The molecule has 0 spiro atoms. The van der Waals surface area contributed by atoms with Crippen LogP contribution in [0.15, 0.2) is 35.4 Å². The molecule has 0 saturated heterocycles. The van der Waals surface area contributed by atoms with Crippen molar-refractivity contribution in [3.05, 3.63) is 50.7 Å². The number of nitrogens with one attached hydrogen (secondary N) is 1. The second-order valence-corrected chi connectivity index (χ2v) is 6.72. The maximum Gasteiger partial charge on any atom is 0.216 e. The van der Waals surface area contributed by atoms with E-state index in [1.54, 1.807) is 57.9 Å². The number of nitrogens with zero attached hydrogens (tertiary/aromatic N) is 3. The third kappa shape index (κ3) is 3.99. The number of H-pyrrole nitrogens is 1. The van der Waals surface area contributed by atoms with Crippen LogP contribution in [-0.2, 0) is 0 Å². The summed E-state index contributed by atoms with van der Waals surface area (Å²) in [4.78, 5) is 0. The number of methoxy groups -OCH3 is 3. The molecule has 0 amide bonds. The molecule has 0 radical (unpaired) electrons. The third-order valence-electron chi connectivity index (χ3n) is 3.83. The van der Waals surface area contributed by atoms with Gasteiger partial charge >= 0.3 is 0 Å². The number of aromatic nitrogens is 3. The van der Waals surface area contributed by atoms with Crippen molar-refractivity contribution >= 4 is 41.6 Å². The maximum atomic E-state index is 6.29. The first-order valence-corrected chi connectivity index (χ1v) is 9.12. The zero-order chi connectivity index (χ0) is 20.3. The molecule has 0 aliphatic heterocycles. The summed E-state index contributed by atoms with van der Waals surface area (Å²) in [5.41, 5.74) is 1.35. The summed E-state index contributed by atoms with van der Waals surface area (Å²) in [6, 6.07) is 8.63. The molecule has 7 nitrogen and oxygen atoms in total. The topological polar surface area (TPSA) is 73.7 Å². The molecule has 0 bridgehead atoms. The number of hydrogen-bond acceptors (Lipinski definition) is 6. The van der Waals surface area contributed by atoms with Crippen molar-refractivity contribution in [2.24, 2.45) is 5.10 Å². The van der Waals surface area contributed by atoms with Gasteiger partial charge in [-0.15, -0.1) is 0 Å². The third-order valence-corrected chi connectivity index (χ3v) is 4.64. The highest BCUT2D eigenvalue weighted by Gasteiger charge is 2.14. The first-order chi connectivity index (χ1) is 13.5. The molecular formula is C18H16Cl2N4O3S. The summed E-state index contributed by atoms with van der Waals surface area (Å²) < 4.78 is 17.8. The zero-order valence-corrected chi connectivity index (χ0v) is 17.5. The minimum Gasteiger partial charge on any atom is -0.493 e. The fraction of sp³-hybridized carbons (Fsp3) is 0.167. The van der Waals surface area contributed by atoms with Gasteiger partial charge in [-0.05, 0) is 42.5 Å². The van der Waals surface area contributed by atoms with Crippen LogP contribution < -0.4 is 14.2 Å². The molecule has 1 heterocycles. The fourth-order valence-corrected chi connectivity index (χ4v) is 3.22. The minimum absolute atomic E-state index is 0.310. The van der Waals surface area contributed by atoms with E-state index in [1.807, 2.05) is 0 Å². The summed E-state index contributed by atoms with van der Waals surface area (Å²) >= 11 is 17.5. The van der Waals surface area contributed by atoms with Crippen molar-refractivity contribution < 1.29 is 14.2 Å². The normalized spacial score (nSPS) is 11.0. The lowest BCUT2D eigenvalue weighted by molar-refractivity contribution is 0.324. The van der Waals surface area contributed by atoms with Crippen molar-refractivity contribution in [1.29, 1.82) is 0 Å². The number of aromatic amines is 1. The first-order valence-electron chi connectivity index (χ1n) is 7.95. The van der Waals surface area contributed by atoms with Gasteiger partial charge in [0.15, 0.2) is 17.3 Å². The zero-order valence-electron chi connectivity index (χ0n) is 15.2. The summed E-state index contributed by atoms with van der Waals surface area (Å²) in [5.74, 6) is 1.98. The van der Waals surface area contributed by atoms with E-state index in [0.717, 1.165) is 0 Å². The molecule has 3 rings (SSSR count). The van der Waals surface area contributed by atoms with Gasteiger partial charge in [0.05, 0.1) is 32.6 Å². The lowest BCUT2D eigenvalue weighted by Crippen LogP contribution is -1.98. The predicted octanol–water partition coefficient (Wildman–Crippen LogP) is 4.82. The molecule has 0 unspecified atom stereocenters. The van der Waals surface area contributed by atoms with Crippen LogP contribution in [0.2, 0.25) is 10.0 Å².